The van der Waals surface area contributed by atoms with E-state index in [2.05, 4.69) is 15.3 Å². The number of hydrogen-bond acceptors (Lipinski definition) is 4. The van der Waals surface area contributed by atoms with Crippen LogP contribution in [0.3, 0.4) is 0 Å². The van der Waals surface area contributed by atoms with Crippen molar-refractivity contribution in [1.82, 2.24) is 9.97 Å². The molecule has 1 heterocycles. The number of carbonyl (C=O) groups is 2. The number of hydrogen-bond donors (Lipinski definition) is 3. The first-order chi connectivity index (χ1) is 11.6. The lowest BCUT2D eigenvalue weighted by Gasteiger charge is -2.09. The molecule has 7 heteroatoms. The fourth-order valence-corrected chi connectivity index (χ4v) is 2.39. The Labute approximate surface area is 137 Å². The van der Waals surface area contributed by atoms with Crippen LogP contribution in [-0.4, -0.2) is 28.9 Å². The summed E-state index contributed by atoms with van der Waals surface area (Å²) in [6, 6.07) is 12.2. The third-order valence-electron chi connectivity index (χ3n) is 3.49. The van der Waals surface area contributed by atoms with E-state index in [0.717, 1.165) is 0 Å². The van der Waals surface area contributed by atoms with Crippen molar-refractivity contribution in [2.45, 2.75) is 6.42 Å². The van der Waals surface area contributed by atoms with Crippen LogP contribution in [0.1, 0.15) is 16.2 Å². The molecular formula is C17H16N4O3. The van der Waals surface area contributed by atoms with Gasteiger partial charge in [-0.3, -0.25) is 9.59 Å². The van der Waals surface area contributed by atoms with Crippen LogP contribution in [0.2, 0.25) is 0 Å². The molecular weight excluding hydrogens is 308 g/mol. The quantitative estimate of drug-likeness (QED) is 0.665. The van der Waals surface area contributed by atoms with Gasteiger partial charge in [-0.15, -0.1) is 0 Å². The van der Waals surface area contributed by atoms with Crippen LogP contribution in [0, 0.1) is 0 Å². The molecule has 0 saturated heterocycles. The lowest BCUT2D eigenvalue weighted by atomic mass is 10.2. The van der Waals surface area contributed by atoms with Gasteiger partial charge in [0.25, 0.3) is 5.91 Å². The van der Waals surface area contributed by atoms with E-state index in [0.29, 0.717) is 33.9 Å². The van der Waals surface area contributed by atoms with Gasteiger partial charge in [0.05, 0.1) is 30.3 Å². The van der Waals surface area contributed by atoms with E-state index < -0.39 is 5.91 Å². The number of anilines is 1. The van der Waals surface area contributed by atoms with Gasteiger partial charge < -0.3 is 20.8 Å². The van der Waals surface area contributed by atoms with E-state index in [-0.39, 0.29) is 12.3 Å². The van der Waals surface area contributed by atoms with Gasteiger partial charge in [-0.1, -0.05) is 12.1 Å². The molecule has 122 valence electrons. The minimum Gasteiger partial charge on any atom is -0.495 e. The van der Waals surface area contributed by atoms with Crippen molar-refractivity contribution < 1.29 is 14.3 Å². The molecule has 0 aliphatic rings. The maximum absolute atomic E-state index is 12.4. The SMILES string of the molecule is COc1ccccc1NC(=O)c1ccc2nc(CC(N)=O)[nH]c2c1. The monoisotopic (exact) mass is 324 g/mol. The standard InChI is InChI=1S/C17H16N4O3/c1-24-14-5-3-2-4-12(14)21-17(23)10-6-7-11-13(8-10)20-16(19-11)9-15(18)22/h2-8H,9H2,1H3,(H2,18,22)(H,19,20)(H,21,23). The molecule has 2 amide bonds. The zero-order chi connectivity index (χ0) is 17.1. The smallest absolute Gasteiger partial charge is 0.255 e. The minimum absolute atomic E-state index is 0.0252. The number of ether oxygens (including phenoxy) is 1. The Bertz CT molecular complexity index is 917. The van der Waals surface area contributed by atoms with Gasteiger partial charge >= 0.3 is 0 Å². The largest absolute Gasteiger partial charge is 0.495 e. The van der Waals surface area contributed by atoms with Gasteiger partial charge in [0.15, 0.2) is 0 Å². The molecule has 3 aromatic rings. The Hall–Kier alpha value is -3.35. The van der Waals surface area contributed by atoms with Crippen LogP contribution in [-0.2, 0) is 11.2 Å². The van der Waals surface area contributed by atoms with Crippen molar-refractivity contribution >= 4 is 28.5 Å². The summed E-state index contributed by atoms with van der Waals surface area (Å²) in [6.07, 6.45) is 0.0252. The molecule has 0 atom stereocenters. The highest BCUT2D eigenvalue weighted by atomic mass is 16.5. The second-order valence-electron chi connectivity index (χ2n) is 5.21. The zero-order valence-electron chi connectivity index (χ0n) is 13.0. The van der Waals surface area contributed by atoms with Crippen molar-refractivity contribution in [3.05, 3.63) is 53.9 Å². The maximum atomic E-state index is 12.4. The summed E-state index contributed by atoms with van der Waals surface area (Å²) in [5.74, 6) is 0.313. The number of para-hydroxylation sites is 2. The number of methoxy groups -OCH3 is 1. The van der Waals surface area contributed by atoms with E-state index in [1.165, 1.54) is 0 Å². The van der Waals surface area contributed by atoms with Crippen LogP contribution >= 0.6 is 0 Å². The number of carbonyl (C=O) groups excluding carboxylic acids is 2. The normalized spacial score (nSPS) is 10.5. The lowest BCUT2D eigenvalue weighted by molar-refractivity contribution is -0.117. The van der Waals surface area contributed by atoms with Crippen LogP contribution in [0.15, 0.2) is 42.5 Å². The molecule has 0 spiro atoms. The number of nitrogens with zero attached hydrogens (tertiary/aromatic N) is 1. The number of amides is 2. The molecule has 0 fully saturated rings. The molecule has 3 rings (SSSR count). The number of H-pyrrole nitrogens is 1. The number of imidazole rings is 1. The Morgan fingerprint density at radius 2 is 2.04 bits per heavy atom. The molecule has 0 saturated carbocycles. The topological polar surface area (TPSA) is 110 Å². The highest BCUT2D eigenvalue weighted by Crippen LogP contribution is 2.24. The van der Waals surface area contributed by atoms with Crippen LogP contribution in [0.4, 0.5) is 5.69 Å². The Morgan fingerprint density at radius 3 is 2.79 bits per heavy atom. The minimum atomic E-state index is -0.469. The Balaban J connectivity index is 1.85. The fraction of sp³-hybridized carbons (Fsp3) is 0.118. The number of primary amides is 1. The molecule has 4 N–H and O–H groups in total. The van der Waals surface area contributed by atoms with E-state index in [9.17, 15) is 9.59 Å². The first-order valence-electron chi connectivity index (χ1n) is 7.28. The molecule has 0 radical (unpaired) electrons. The Kier molecular flexibility index (Phi) is 4.15. The summed E-state index contributed by atoms with van der Waals surface area (Å²) in [4.78, 5) is 30.7. The average Bonchev–Trinajstić information content (AvgIpc) is 2.95. The van der Waals surface area contributed by atoms with Crippen LogP contribution < -0.4 is 15.8 Å². The van der Waals surface area contributed by atoms with Gasteiger partial charge in [-0.25, -0.2) is 4.98 Å². The summed E-state index contributed by atoms with van der Waals surface area (Å²) in [5, 5.41) is 2.81. The number of nitrogens with one attached hydrogen (secondary N) is 2. The Morgan fingerprint density at radius 1 is 1.25 bits per heavy atom. The fourth-order valence-electron chi connectivity index (χ4n) is 2.39. The summed E-state index contributed by atoms with van der Waals surface area (Å²) in [5.41, 5.74) is 7.54. The van der Waals surface area contributed by atoms with E-state index in [4.69, 9.17) is 10.5 Å². The third kappa shape index (κ3) is 3.19. The van der Waals surface area contributed by atoms with Crippen molar-refractivity contribution in [2.75, 3.05) is 12.4 Å². The summed E-state index contributed by atoms with van der Waals surface area (Å²) in [6.45, 7) is 0. The molecule has 2 aromatic carbocycles. The zero-order valence-corrected chi connectivity index (χ0v) is 13.0. The van der Waals surface area contributed by atoms with E-state index >= 15 is 0 Å². The number of nitrogens with two attached hydrogens (primary N) is 1. The highest BCUT2D eigenvalue weighted by Gasteiger charge is 2.12. The van der Waals surface area contributed by atoms with Crippen LogP contribution in [0.5, 0.6) is 5.75 Å². The number of aromatic nitrogens is 2. The van der Waals surface area contributed by atoms with Crippen molar-refractivity contribution in [2.24, 2.45) is 5.73 Å². The van der Waals surface area contributed by atoms with Gasteiger partial charge in [0.2, 0.25) is 5.91 Å². The van der Waals surface area contributed by atoms with Gasteiger partial charge in [-0.2, -0.15) is 0 Å². The number of aromatic amines is 1. The molecule has 0 aliphatic heterocycles. The van der Waals surface area contributed by atoms with E-state index in [1.807, 2.05) is 12.1 Å². The maximum Gasteiger partial charge on any atom is 0.255 e. The second kappa shape index (κ2) is 6.41. The predicted molar refractivity (Wildman–Crippen MR) is 89.9 cm³/mol. The molecule has 7 nitrogen and oxygen atoms in total. The number of benzene rings is 2. The number of fused-ring (bicyclic) bond motifs is 1. The highest BCUT2D eigenvalue weighted by molar-refractivity contribution is 6.06. The summed E-state index contributed by atoms with van der Waals surface area (Å²) >= 11 is 0. The molecule has 0 bridgehead atoms. The van der Waals surface area contributed by atoms with Crippen LogP contribution in [0.25, 0.3) is 11.0 Å². The first kappa shape index (κ1) is 15.5. The third-order valence-corrected chi connectivity index (χ3v) is 3.49. The molecule has 0 aliphatic carbocycles. The van der Waals surface area contributed by atoms with Gasteiger partial charge in [-0.05, 0) is 30.3 Å². The van der Waals surface area contributed by atoms with Crippen molar-refractivity contribution in [3.63, 3.8) is 0 Å². The van der Waals surface area contributed by atoms with Gasteiger partial charge in [0, 0.05) is 5.56 Å². The molecule has 1 aromatic heterocycles. The molecule has 24 heavy (non-hydrogen) atoms. The number of rotatable bonds is 5. The summed E-state index contributed by atoms with van der Waals surface area (Å²) in [7, 11) is 1.54. The van der Waals surface area contributed by atoms with Gasteiger partial charge in [0.1, 0.15) is 11.6 Å². The first-order valence-corrected chi connectivity index (χ1v) is 7.28. The van der Waals surface area contributed by atoms with E-state index in [1.54, 1.807) is 37.4 Å². The summed E-state index contributed by atoms with van der Waals surface area (Å²) < 4.78 is 5.22. The predicted octanol–water partition coefficient (Wildman–Crippen LogP) is 1.85. The second-order valence-corrected chi connectivity index (χ2v) is 5.21. The van der Waals surface area contributed by atoms with Crippen molar-refractivity contribution in [1.29, 1.82) is 0 Å². The molecule has 0 unspecified atom stereocenters. The lowest BCUT2D eigenvalue weighted by Crippen LogP contribution is -2.14. The van der Waals surface area contributed by atoms with Crippen molar-refractivity contribution in [3.8, 4) is 5.75 Å². The average molecular weight is 324 g/mol.